The monoisotopic (exact) mass is 242 g/mol. The molecule has 0 radical (unpaired) electrons. The lowest BCUT2D eigenvalue weighted by molar-refractivity contribution is -0.384. The number of nitro benzene ring substituents is 1. The van der Waals surface area contributed by atoms with Crippen LogP contribution in [0.1, 0.15) is 24.9 Å². The number of hydrogen-bond acceptors (Lipinski definition) is 3. The largest absolute Gasteiger partial charge is 0.324 e. The van der Waals surface area contributed by atoms with Gasteiger partial charge in [0.25, 0.3) is 5.69 Å². The molecule has 1 atom stereocenters. The average molecular weight is 243 g/mol. The fourth-order valence-corrected chi connectivity index (χ4v) is 1.36. The summed E-state index contributed by atoms with van der Waals surface area (Å²) in [6, 6.07) is 6.18. The number of rotatable bonds is 4. The second-order valence-electron chi connectivity index (χ2n) is 3.62. The van der Waals surface area contributed by atoms with E-state index in [2.05, 4.69) is 6.58 Å². The summed E-state index contributed by atoms with van der Waals surface area (Å²) in [7, 11) is 0. The summed E-state index contributed by atoms with van der Waals surface area (Å²) in [4.78, 5) is 10.1. The third-order valence-electron chi connectivity index (χ3n) is 2.08. The van der Waals surface area contributed by atoms with Crippen molar-refractivity contribution in [2.75, 3.05) is 0 Å². The van der Waals surface area contributed by atoms with Crippen LogP contribution in [0.2, 0.25) is 0 Å². The molecule has 1 aromatic carbocycles. The van der Waals surface area contributed by atoms with Gasteiger partial charge in [-0.2, -0.15) is 0 Å². The number of non-ortho nitro benzene ring substituents is 1. The topological polar surface area (TPSA) is 69.2 Å². The minimum absolute atomic E-state index is 0. The number of halogens is 1. The number of nitro groups is 1. The van der Waals surface area contributed by atoms with Crippen molar-refractivity contribution >= 4 is 18.1 Å². The van der Waals surface area contributed by atoms with Gasteiger partial charge in [-0.3, -0.25) is 10.1 Å². The Morgan fingerprint density at radius 1 is 1.62 bits per heavy atom. The molecule has 4 nitrogen and oxygen atoms in total. The van der Waals surface area contributed by atoms with Crippen LogP contribution in [0.4, 0.5) is 5.69 Å². The fourth-order valence-electron chi connectivity index (χ4n) is 1.36. The van der Waals surface area contributed by atoms with E-state index in [1.165, 1.54) is 12.1 Å². The molecule has 0 aromatic heterocycles. The molecule has 2 N–H and O–H groups in total. The average Bonchev–Trinajstić information content (AvgIpc) is 2.17. The van der Waals surface area contributed by atoms with E-state index < -0.39 is 4.92 Å². The van der Waals surface area contributed by atoms with Crippen molar-refractivity contribution in [1.29, 1.82) is 0 Å². The van der Waals surface area contributed by atoms with Gasteiger partial charge in [-0.25, -0.2) is 0 Å². The molecule has 0 bridgehead atoms. The van der Waals surface area contributed by atoms with Gasteiger partial charge >= 0.3 is 0 Å². The first-order valence-electron chi connectivity index (χ1n) is 4.65. The van der Waals surface area contributed by atoms with Gasteiger partial charge in [-0.15, -0.1) is 19.0 Å². The zero-order valence-electron chi connectivity index (χ0n) is 9.05. The standard InChI is InChI=1S/C11H14N2O2.ClH/c1-8(2)6-11(12)9-4-3-5-10(7-9)13(14)15;/h3-5,7,11H,1,6,12H2,2H3;1H/t11-;/m0./s1. The highest BCUT2D eigenvalue weighted by Gasteiger charge is 2.10. The predicted molar refractivity (Wildman–Crippen MR) is 66.7 cm³/mol. The van der Waals surface area contributed by atoms with E-state index in [1.807, 2.05) is 6.92 Å². The summed E-state index contributed by atoms with van der Waals surface area (Å²) in [5, 5.41) is 10.5. The molecule has 16 heavy (non-hydrogen) atoms. The summed E-state index contributed by atoms with van der Waals surface area (Å²) in [5.41, 5.74) is 7.69. The quantitative estimate of drug-likeness (QED) is 0.501. The van der Waals surface area contributed by atoms with E-state index in [0.29, 0.717) is 6.42 Å². The van der Waals surface area contributed by atoms with Crippen LogP contribution in [0, 0.1) is 10.1 Å². The van der Waals surface area contributed by atoms with Crippen molar-refractivity contribution in [3.05, 3.63) is 52.1 Å². The zero-order chi connectivity index (χ0) is 11.4. The van der Waals surface area contributed by atoms with Crippen LogP contribution in [0.25, 0.3) is 0 Å². The molecule has 0 saturated carbocycles. The third-order valence-corrected chi connectivity index (χ3v) is 2.08. The molecule has 0 aliphatic heterocycles. The van der Waals surface area contributed by atoms with Crippen LogP contribution >= 0.6 is 12.4 Å². The summed E-state index contributed by atoms with van der Waals surface area (Å²) < 4.78 is 0. The molecular weight excluding hydrogens is 228 g/mol. The van der Waals surface area contributed by atoms with E-state index in [0.717, 1.165) is 11.1 Å². The summed E-state index contributed by atoms with van der Waals surface area (Å²) in [6.45, 7) is 5.65. The van der Waals surface area contributed by atoms with E-state index in [1.54, 1.807) is 12.1 Å². The Bertz CT molecular complexity index is 393. The van der Waals surface area contributed by atoms with Gasteiger partial charge in [-0.1, -0.05) is 17.7 Å². The SMILES string of the molecule is C=C(C)C[C@H](N)c1cccc([N+](=O)[O-])c1.Cl. The minimum Gasteiger partial charge on any atom is -0.324 e. The van der Waals surface area contributed by atoms with E-state index in [9.17, 15) is 10.1 Å². The van der Waals surface area contributed by atoms with Crippen molar-refractivity contribution < 1.29 is 4.92 Å². The third kappa shape index (κ3) is 4.00. The first-order valence-corrected chi connectivity index (χ1v) is 4.65. The lowest BCUT2D eigenvalue weighted by Crippen LogP contribution is -2.10. The normalized spacial score (nSPS) is 11.4. The van der Waals surface area contributed by atoms with Crippen molar-refractivity contribution in [3.8, 4) is 0 Å². The van der Waals surface area contributed by atoms with Crippen LogP contribution in [0.5, 0.6) is 0 Å². The summed E-state index contributed by atoms with van der Waals surface area (Å²) in [6.07, 6.45) is 0.640. The Kier molecular flexibility index (Phi) is 5.71. The summed E-state index contributed by atoms with van der Waals surface area (Å²) >= 11 is 0. The van der Waals surface area contributed by atoms with Gasteiger partial charge in [0.1, 0.15) is 0 Å². The maximum Gasteiger partial charge on any atom is 0.269 e. The number of benzene rings is 1. The molecule has 0 fully saturated rings. The van der Waals surface area contributed by atoms with Crippen LogP contribution < -0.4 is 5.73 Å². The highest BCUT2D eigenvalue weighted by atomic mass is 35.5. The van der Waals surface area contributed by atoms with E-state index in [-0.39, 0.29) is 24.1 Å². The fraction of sp³-hybridized carbons (Fsp3) is 0.273. The maximum absolute atomic E-state index is 10.5. The molecule has 1 rings (SSSR count). The van der Waals surface area contributed by atoms with Crippen molar-refractivity contribution in [1.82, 2.24) is 0 Å². The second-order valence-corrected chi connectivity index (χ2v) is 3.62. The van der Waals surface area contributed by atoms with Crippen molar-refractivity contribution in [3.63, 3.8) is 0 Å². The van der Waals surface area contributed by atoms with Crippen LogP contribution in [0.3, 0.4) is 0 Å². The van der Waals surface area contributed by atoms with Gasteiger partial charge in [0, 0.05) is 18.2 Å². The van der Waals surface area contributed by atoms with Gasteiger partial charge < -0.3 is 5.73 Å². The van der Waals surface area contributed by atoms with Crippen molar-refractivity contribution in [2.24, 2.45) is 5.73 Å². The van der Waals surface area contributed by atoms with Gasteiger partial charge in [-0.05, 0) is 18.9 Å². The molecule has 0 amide bonds. The predicted octanol–water partition coefficient (Wildman–Crippen LogP) is 2.98. The maximum atomic E-state index is 10.5. The second kappa shape index (κ2) is 6.25. The molecule has 0 aliphatic carbocycles. The first-order chi connectivity index (χ1) is 7.00. The number of nitrogens with two attached hydrogens (primary N) is 1. The van der Waals surface area contributed by atoms with Gasteiger partial charge in [0.05, 0.1) is 4.92 Å². The van der Waals surface area contributed by atoms with Crippen LogP contribution in [-0.4, -0.2) is 4.92 Å². The molecule has 5 heteroatoms. The lowest BCUT2D eigenvalue weighted by Gasteiger charge is -2.11. The molecule has 1 aromatic rings. The Labute approximate surface area is 101 Å². The van der Waals surface area contributed by atoms with Gasteiger partial charge in [0.15, 0.2) is 0 Å². The molecule has 0 unspecified atom stereocenters. The number of nitrogens with zero attached hydrogens (tertiary/aromatic N) is 1. The minimum atomic E-state index is -0.420. The zero-order valence-corrected chi connectivity index (χ0v) is 9.87. The molecule has 0 aliphatic rings. The highest BCUT2D eigenvalue weighted by Crippen LogP contribution is 2.21. The van der Waals surface area contributed by atoms with Gasteiger partial charge in [0.2, 0.25) is 0 Å². The Hall–Kier alpha value is -1.39. The molecule has 0 saturated heterocycles. The molecule has 88 valence electrons. The Morgan fingerprint density at radius 3 is 2.75 bits per heavy atom. The van der Waals surface area contributed by atoms with Crippen LogP contribution in [0.15, 0.2) is 36.4 Å². The highest BCUT2D eigenvalue weighted by molar-refractivity contribution is 5.85. The smallest absolute Gasteiger partial charge is 0.269 e. The lowest BCUT2D eigenvalue weighted by atomic mass is 10.0. The first kappa shape index (κ1) is 14.6. The van der Waals surface area contributed by atoms with E-state index >= 15 is 0 Å². The van der Waals surface area contributed by atoms with Crippen molar-refractivity contribution in [2.45, 2.75) is 19.4 Å². The van der Waals surface area contributed by atoms with E-state index in [4.69, 9.17) is 5.73 Å². The molecule has 0 heterocycles. The molecule has 0 spiro atoms. The Balaban J connectivity index is 0.00000225. The Morgan fingerprint density at radius 2 is 2.25 bits per heavy atom. The van der Waals surface area contributed by atoms with Crippen LogP contribution in [-0.2, 0) is 0 Å². The number of hydrogen-bond donors (Lipinski definition) is 1. The summed E-state index contributed by atoms with van der Waals surface area (Å²) in [5.74, 6) is 0. The molecular formula is C11H15ClN2O2.